The zero-order valence-electron chi connectivity index (χ0n) is 14.0. The van der Waals surface area contributed by atoms with Crippen molar-refractivity contribution in [3.63, 3.8) is 0 Å². The van der Waals surface area contributed by atoms with Gasteiger partial charge in [-0.15, -0.1) is 0 Å². The lowest BCUT2D eigenvalue weighted by Crippen LogP contribution is -2.50. The van der Waals surface area contributed by atoms with E-state index in [2.05, 4.69) is 17.2 Å². The minimum atomic E-state index is -0.818. The second-order valence-corrected chi connectivity index (χ2v) is 6.13. The van der Waals surface area contributed by atoms with E-state index in [0.29, 0.717) is 6.42 Å². The fourth-order valence-electron chi connectivity index (χ4n) is 2.95. The highest BCUT2D eigenvalue weighted by atomic mass is 16.2. The van der Waals surface area contributed by atoms with Crippen molar-refractivity contribution in [3.8, 4) is 0 Å². The van der Waals surface area contributed by atoms with Gasteiger partial charge >= 0.3 is 0 Å². The van der Waals surface area contributed by atoms with Crippen LogP contribution < -0.4 is 11.3 Å². The zero-order valence-corrected chi connectivity index (χ0v) is 14.0. The predicted octanol–water partition coefficient (Wildman–Crippen LogP) is 2.30. The van der Waals surface area contributed by atoms with Crippen LogP contribution in [0.3, 0.4) is 0 Å². The summed E-state index contributed by atoms with van der Waals surface area (Å²) < 4.78 is 0. The predicted molar refractivity (Wildman–Crippen MR) is 93.8 cm³/mol. The molecule has 2 aromatic rings. The summed E-state index contributed by atoms with van der Waals surface area (Å²) in [6, 6.07) is 19.9. The molecule has 0 bridgehead atoms. The van der Waals surface area contributed by atoms with Gasteiger partial charge in [0.05, 0.1) is 0 Å². The number of nitrogens with two attached hydrogens (primary N) is 1. The molecule has 0 fully saturated rings. The van der Waals surface area contributed by atoms with Gasteiger partial charge in [0.15, 0.2) is 0 Å². The molecule has 0 aliphatic rings. The summed E-state index contributed by atoms with van der Waals surface area (Å²) in [7, 11) is 4.04. The van der Waals surface area contributed by atoms with Gasteiger partial charge in [0.25, 0.3) is 0 Å². The third-order valence-electron chi connectivity index (χ3n) is 4.54. The number of hydrogen-bond donors (Lipinski definition) is 2. The summed E-state index contributed by atoms with van der Waals surface area (Å²) in [4.78, 5) is 15.1. The van der Waals surface area contributed by atoms with Crippen molar-refractivity contribution in [2.75, 3.05) is 14.1 Å². The number of nitrogens with one attached hydrogen (secondary N) is 1. The second kappa shape index (κ2) is 7.40. The number of hydrazine groups is 1. The van der Waals surface area contributed by atoms with E-state index in [1.165, 1.54) is 0 Å². The normalized spacial score (nSPS) is 12.9. The maximum absolute atomic E-state index is 12.9. The topological polar surface area (TPSA) is 58.4 Å². The highest BCUT2D eigenvalue weighted by Gasteiger charge is 2.43. The molecule has 23 heavy (non-hydrogen) atoms. The molecule has 122 valence electrons. The summed E-state index contributed by atoms with van der Waals surface area (Å²) in [5.41, 5.74) is 3.47. The van der Waals surface area contributed by atoms with Gasteiger partial charge < -0.3 is 4.90 Å². The van der Waals surface area contributed by atoms with Crippen molar-refractivity contribution in [2.45, 2.75) is 24.8 Å². The van der Waals surface area contributed by atoms with Crippen LogP contribution in [-0.2, 0) is 10.2 Å². The lowest BCUT2D eigenvalue weighted by atomic mass is 9.69. The van der Waals surface area contributed by atoms with Crippen molar-refractivity contribution in [2.24, 2.45) is 5.84 Å². The van der Waals surface area contributed by atoms with Gasteiger partial charge in [-0.2, -0.15) is 0 Å². The van der Waals surface area contributed by atoms with E-state index in [9.17, 15) is 4.79 Å². The molecule has 4 nitrogen and oxygen atoms in total. The summed E-state index contributed by atoms with van der Waals surface area (Å²) in [5, 5.41) is 0. The Morgan fingerprint density at radius 2 is 1.48 bits per heavy atom. The minimum Gasteiger partial charge on any atom is -0.307 e. The van der Waals surface area contributed by atoms with E-state index in [1.807, 2.05) is 74.8 Å². The van der Waals surface area contributed by atoms with Gasteiger partial charge in [-0.3, -0.25) is 10.2 Å². The molecule has 0 aliphatic heterocycles. The molecule has 0 aromatic heterocycles. The number of benzene rings is 2. The van der Waals surface area contributed by atoms with Crippen molar-refractivity contribution < 1.29 is 4.79 Å². The first kappa shape index (κ1) is 17.2. The van der Waals surface area contributed by atoms with Gasteiger partial charge in [-0.1, -0.05) is 60.7 Å². The monoisotopic (exact) mass is 311 g/mol. The van der Waals surface area contributed by atoms with E-state index in [-0.39, 0.29) is 11.9 Å². The first-order valence-corrected chi connectivity index (χ1v) is 7.81. The Kier molecular flexibility index (Phi) is 5.53. The average molecular weight is 311 g/mol. The van der Waals surface area contributed by atoms with E-state index >= 15 is 0 Å². The van der Waals surface area contributed by atoms with Crippen molar-refractivity contribution in [1.29, 1.82) is 0 Å². The third kappa shape index (κ3) is 3.44. The fourth-order valence-corrected chi connectivity index (χ4v) is 2.95. The molecule has 0 radical (unpaired) electrons. The van der Waals surface area contributed by atoms with Crippen LogP contribution in [0.5, 0.6) is 0 Å². The summed E-state index contributed by atoms with van der Waals surface area (Å²) in [5.74, 6) is 5.38. The molecule has 2 rings (SSSR count). The number of nitrogens with zero attached hydrogens (tertiary/aromatic N) is 1. The van der Waals surface area contributed by atoms with Gasteiger partial charge in [-0.25, -0.2) is 5.84 Å². The maximum atomic E-state index is 12.9. The third-order valence-corrected chi connectivity index (χ3v) is 4.54. The fraction of sp³-hybridized carbons (Fsp3) is 0.316. The SMILES string of the molecule is CC(CC(C(=O)NN)(c1ccccc1)c1ccccc1)N(C)C. The van der Waals surface area contributed by atoms with Crippen LogP contribution in [0.2, 0.25) is 0 Å². The van der Waals surface area contributed by atoms with Gasteiger partial charge in [0.1, 0.15) is 5.41 Å². The van der Waals surface area contributed by atoms with Crippen LogP contribution in [0.15, 0.2) is 60.7 Å². The van der Waals surface area contributed by atoms with Crippen molar-refractivity contribution in [3.05, 3.63) is 71.8 Å². The zero-order chi connectivity index (χ0) is 16.9. The summed E-state index contributed by atoms with van der Waals surface area (Å²) in [6.45, 7) is 2.12. The van der Waals surface area contributed by atoms with E-state index < -0.39 is 5.41 Å². The van der Waals surface area contributed by atoms with Crippen molar-refractivity contribution >= 4 is 5.91 Å². The van der Waals surface area contributed by atoms with Crippen LogP contribution in [-0.4, -0.2) is 30.9 Å². The molecule has 4 heteroatoms. The maximum Gasteiger partial charge on any atom is 0.249 e. The van der Waals surface area contributed by atoms with Crippen LogP contribution >= 0.6 is 0 Å². The van der Waals surface area contributed by atoms with E-state index in [4.69, 9.17) is 5.84 Å². The molecule has 0 saturated heterocycles. The molecule has 0 spiro atoms. The molecule has 1 atom stereocenters. The molecule has 0 aliphatic carbocycles. The molecule has 0 heterocycles. The number of carbonyl (C=O) groups is 1. The Bertz CT molecular complexity index is 586. The van der Waals surface area contributed by atoms with Crippen LogP contribution in [0.1, 0.15) is 24.5 Å². The standard InChI is InChI=1S/C19H25N3O/c1-15(22(2)3)14-19(18(23)21-20,16-10-6-4-7-11-16)17-12-8-5-9-13-17/h4-13,15H,14,20H2,1-3H3,(H,21,23). The smallest absolute Gasteiger partial charge is 0.249 e. The van der Waals surface area contributed by atoms with Crippen LogP contribution in [0.25, 0.3) is 0 Å². The number of rotatable bonds is 6. The first-order valence-electron chi connectivity index (χ1n) is 7.81. The summed E-state index contributed by atoms with van der Waals surface area (Å²) in [6.07, 6.45) is 0.636. The van der Waals surface area contributed by atoms with Gasteiger partial charge in [-0.05, 0) is 38.6 Å². The first-order chi connectivity index (χ1) is 11.0. The largest absolute Gasteiger partial charge is 0.307 e. The molecular weight excluding hydrogens is 286 g/mol. The number of amides is 1. The lowest BCUT2D eigenvalue weighted by molar-refractivity contribution is -0.126. The quantitative estimate of drug-likeness (QED) is 0.489. The minimum absolute atomic E-state index is 0.191. The summed E-state index contributed by atoms with van der Waals surface area (Å²) >= 11 is 0. The molecule has 1 unspecified atom stereocenters. The average Bonchev–Trinajstić information content (AvgIpc) is 2.60. The van der Waals surface area contributed by atoms with Gasteiger partial charge in [0.2, 0.25) is 5.91 Å². The number of hydrogen-bond acceptors (Lipinski definition) is 3. The molecule has 2 aromatic carbocycles. The number of carbonyl (C=O) groups excluding carboxylic acids is 1. The van der Waals surface area contributed by atoms with Gasteiger partial charge in [0, 0.05) is 6.04 Å². The lowest BCUT2D eigenvalue weighted by Gasteiger charge is -2.37. The molecule has 1 amide bonds. The van der Waals surface area contributed by atoms with Crippen LogP contribution in [0, 0.1) is 0 Å². The molecule has 3 N–H and O–H groups in total. The highest BCUT2D eigenvalue weighted by molar-refractivity contribution is 5.91. The Balaban J connectivity index is 2.66. The van der Waals surface area contributed by atoms with Crippen molar-refractivity contribution in [1.82, 2.24) is 10.3 Å². The van der Waals surface area contributed by atoms with E-state index in [1.54, 1.807) is 0 Å². The van der Waals surface area contributed by atoms with E-state index in [0.717, 1.165) is 11.1 Å². The molecular formula is C19H25N3O. The Labute approximate surface area is 138 Å². The Hall–Kier alpha value is -2.17. The van der Waals surface area contributed by atoms with Crippen LogP contribution in [0.4, 0.5) is 0 Å². The highest BCUT2D eigenvalue weighted by Crippen LogP contribution is 2.37. The molecule has 0 saturated carbocycles. The second-order valence-electron chi connectivity index (χ2n) is 6.13. The Morgan fingerprint density at radius 3 is 1.83 bits per heavy atom. The Morgan fingerprint density at radius 1 is 1.04 bits per heavy atom.